The Morgan fingerprint density at radius 2 is 1.93 bits per heavy atom. The van der Waals surface area contributed by atoms with Gasteiger partial charge in [0.15, 0.2) is 0 Å². The van der Waals surface area contributed by atoms with E-state index in [2.05, 4.69) is 6.07 Å². The van der Waals surface area contributed by atoms with Crippen molar-refractivity contribution in [2.24, 2.45) is 0 Å². The lowest BCUT2D eigenvalue weighted by atomic mass is 10.1. The molecule has 0 amide bonds. The molecule has 0 heterocycles. The van der Waals surface area contributed by atoms with Crippen molar-refractivity contribution in [3.63, 3.8) is 0 Å². The second-order valence-corrected chi connectivity index (χ2v) is 3.34. The molecule has 0 aliphatic carbocycles. The summed E-state index contributed by atoms with van der Waals surface area (Å²) in [5.74, 6) is -0.258. The maximum absolute atomic E-state index is 13.3. The third-order valence-electron chi connectivity index (χ3n) is 1.93. The zero-order chi connectivity index (χ0) is 9.97. The van der Waals surface area contributed by atoms with E-state index in [9.17, 15) is 4.39 Å². The van der Waals surface area contributed by atoms with Crippen LogP contribution in [0.15, 0.2) is 42.5 Å². The van der Waals surface area contributed by atoms with Crippen LogP contribution in [0.4, 0.5) is 4.39 Å². The highest BCUT2D eigenvalue weighted by Gasteiger charge is 2.03. The number of benzene rings is 2. The molecule has 0 N–H and O–H groups in total. The molecule has 0 fully saturated rings. The van der Waals surface area contributed by atoms with Gasteiger partial charge in [0.05, 0.1) is 0 Å². The van der Waals surface area contributed by atoms with E-state index in [1.54, 1.807) is 36.4 Å². The van der Waals surface area contributed by atoms with Gasteiger partial charge in [-0.15, -0.1) is 0 Å². The first-order valence-corrected chi connectivity index (χ1v) is 4.57. The fraction of sp³-hybridized carbons (Fsp3) is 0. The molecule has 2 rings (SSSR count). The zero-order valence-corrected chi connectivity index (χ0v) is 8.05. The van der Waals surface area contributed by atoms with E-state index in [0.29, 0.717) is 16.1 Å². The molecule has 2 aromatic carbocycles. The van der Waals surface area contributed by atoms with Gasteiger partial charge in [-0.1, -0.05) is 35.9 Å². The second-order valence-electron chi connectivity index (χ2n) is 2.90. The third-order valence-corrected chi connectivity index (χ3v) is 2.16. The maximum atomic E-state index is 13.3. The maximum Gasteiger partial charge on any atom is 0.131 e. The van der Waals surface area contributed by atoms with Crippen LogP contribution in [0.5, 0.6) is 0 Å². The van der Waals surface area contributed by atoms with Crippen LogP contribution < -0.4 is 0 Å². The van der Waals surface area contributed by atoms with Crippen LogP contribution in [0.3, 0.4) is 0 Å². The van der Waals surface area contributed by atoms with Gasteiger partial charge in [0.1, 0.15) is 5.82 Å². The van der Waals surface area contributed by atoms with Gasteiger partial charge in [-0.25, -0.2) is 4.39 Å². The molecule has 0 nitrogen and oxygen atoms in total. The van der Waals surface area contributed by atoms with Crippen LogP contribution in [-0.4, -0.2) is 0 Å². The fourth-order valence-electron chi connectivity index (χ4n) is 1.27. The standard InChI is InChI=1S/C12H7ClF/c13-10-5-3-4-9(8-10)11-6-1-2-7-12(11)14/h1-3,5-8H. The number of rotatable bonds is 1. The predicted molar refractivity (Wildman–Crippen MR) is 55.7 cm³/mol. The van der Waals surface area contributed by atoms with Crippen molar-refractivity contribution < 1.29 is 4.39 Å². The molecule has 0 aliphatic rings. The average molecular weight is 206 g/mol. The lowest BCUT2D eigenvalue weighted by Crippen LogP contribution is -1.82. The van der Waals surface area contributed by atoms with E-state index in [1.807, 2.05) is 0 Å². The molecule has 0 saturated carbocycles. The number of halogens is 2. The van der Waals surface area contributed by atoms with Crippen LogP contribution in [0, 0.1) is 11.9 Å². The second kappa shape index (κ2) is 3.81. The first-order valence-electron chi connectivity index (χ1n) is 4.19. The molecule has 0 spiro atoms. The first-order chi connectivity index (χ1) is 6.77. The summed E-state index contributed by atoms with van der Waals surface area (Å²) in [5, 5.41) is 0.585. The summed E-state index contributed by atoms with van der Waals surface area (Å²) in [4.78, 5) is 0. The highest BCUT2D eigenvalue weighted by Crippen LogP contribution is 2.24. The van der Waals surface area contributed by atoms with Gasteiger partial charge >= 0.3 is 0 Å². The van der Waals surface area contributed by atoms with E-state index in [-0.39, 0.29) is 5.82 Å². The normalized spacial score (nSPS) is 10.1. The SMILES string of the molecule is Fc1ccccc1-c1[c]ccc(Cl)c1. The van der Waals surface area contributed by atoms with Crippen molar-refractivity contribution in [2.45, 2.75) is 0 Å². The molecule has 0 aromatic heterocycles. The lowest BCUT2D eigenvalue weighted by Gasteiger charge is -2.02. The van der Waals surface area contributed by atoms with E-state index in [1.165, 1.54) is 6.07 Å². The molecule has 0 aliphatic heterocycles. The molecule has 0 unspecified atom stereocenters. The third kappa shape index (κ3) is 1.78. The molecule has 1 radical (unpaired) electrons. The van der Waals surface area contributed by atoms with E-state index < -0.39 is 0 Å². The van der Waals surface area contributed by atoms with Gasteiger partial charge < -0.3 is 0 Å². The molecule has 14 heavy (non-hydrogen) atoms. The van der Waals surface area contributed by atoms with Crippen LogP contribution in [0.2, 0.25) is 5.02 Å². The Labute approximate surface area is 87.0 Å². The summed E-state index contributed by atoms with van der Waals surface area (Å²) in [7, 11) is 0. The van der Waals surface area contributed by atoms with Crippen molar-refractivity contribution in [1.29, 1.82) is 0 Å². The quantitative estimate of drug-likeness (QED) is 0.662. The summed E-state index contributed by atoms with van der Waals surface area (Å²) >= 11 is 5.80. The Kier molecular flexibility index (Phi) is 2.51. The monoisotopic (exact) mass is 205 g/mol. The minimum absolute atomic E-state index is 0.258. The summed E-state index contributed by atoms with van der Waals surface area (Å²) in [6, 6.07) is 14.6. The zero-order valence-electron chi connectivity index (χ0n) is 7.30. The fourth-order valence-corrected chi connectivity index (χ4v) is 1.45. The molecule has 2 aromatic rings. The lowest BCUT2D eigenvalue weighted by molar-refractivity contribution is 0.631. The molecule has 0 atom stereocenters. The summed E-state index contributed by atoms with van der Waals surface area (Å²) in [6.45, 7) is 0. The minimum atomic E-state index is -0.258. The first kappa shape index (κ1) is 9.22. The molecular weight excluding hydrogens is 199 g/mol. The summed E-state index contributed by atoms with van der Waals surface area (Å²) in [5.41, 5.74) is 1.20. The largest absolute Gasteiger partial charge is 0.206 e. The van der Waals surface area contributed by atoms with Crippen molar-refractivity contribution in [3.05, 3.63) is 59.4 Å². The van der Waals surface area contributed by atoms with Crippen molar-refractivity contribution >= 4 is 11.6 Å². The van der Waals surface area contributed by atoms with Gasteiger partial charge in [0, 0.05) is 10.6 Å². The van der Waals surface area contributed by atoms with E-state index >= 15 is 0 Å². The summed E-state index contributed by atoms with van der Waals surface area (Å²) < 4.78 is 13.3. The Morgan fingerprint density at radius 1 is 1.14 bits per heavy atom. The van der Waals surface area contributed by atoms with Crippen LogP contribution in [0.1, 0.15) is 0 Å². The summed E-state index contributed by atoms with van der Waals surface area (Å²) in [6.07, 6.45) is 0. The smallest absolute Gasteiger partial charge is 0.131 e. The minimum Gasteiger partial charge on any atom is -0.206 e. The van der Waals surface area contributed by atoms with Crippen molar-refractivity contribution in [3.8, 4) is 11.1 Å². The molecular formula is C12H7ClF. The van der Waals surface area contributed by atoms with Crippen molar-refractivity contribution in [1.82, 2.24) is 0 Å². The Hall–Kier alpha value is -1.34. The van der Waals surface area contributed by atoms with Crippen LogP contribution >= 0.6 is 11.6 Å². The van der Waals surface area contributed by atoms with Gasteiger partial charge in [0.25, 0.3) is 0 Å². The Morgan fingerprint density at radius 3 is 2.64 bits per heavy atom. The van der Waals surface area contributed by atoms with Gasteiger partial charge in [-0.2, -0.15) is 0 Å². The number of hydrogen-bond acceptors (Lipinski definition) is 0. The molecule has 2 heteroatoms. The van der Waals surface area contributed by atoms with Gasteiger partial charge in [0.2, 0.25) is 0 Å². The highest BCUT2D eigenvalue weighted by molar-refractivity contribution is 6.30. The predicted octanol–water partition coefficient (Wildman–Crippen LogP) is 3.95. The van der Waals surface area contributed by atoms with E-state index in [0.717, 1.165) is 0 Å². The van der Waals surface area contributed by atoms with Gasteiger partial charge in [-0.3, -0.25) is 0 Å². The van der Waals surface area contributed by atoms with Crippen molar-refractivity contribution in [2.75, 3.05) is 0 Å². The Balaban J connectivity index is 2.55. The van der Waals surface area contributed by atoms with E-state index in [4.69, 9.17) is 11.6 Å². The average Bonchev–Trinajstić information content (AvgIpc) is 2.18. The van der Waals surface area contributed by atoms with Gasteiger partial charge in [-0.05, 0) is 29.8 Å². The molecule has 0 bridgehead atoms. The molecule has 0 saturated heterocycles. The Bertz CT molecular complexity index is 452. The number of hydrogen-bond donors (Lipinski definition) is 0. The van der Waals surface area contributed by atoms with Crippen LogP contribution in [-0.2, 0) is 0 Å². The van der Waals surface area contributed by atoms with Crippen LogP contribution in [0.25, 0.3) is 11.1 Å². The topological polar surface area (TPSA) is 0 Å². The molecule has 69 valence electrons. The highest BCUT2D eigenvalue weighted by atomic mass is 35.5.